The topological polar surface area (TPSA) is 12.0 Å². The number of nitrogens with one attached hydrogen (secondary N) is 1. The van der Waals surface area contributed by atoms with Crippen molar-refractivity contribution in [2.45, 2.75) is 131 Å². The molecule has 0 aromatic heterocycles. The normalized spacial score (nSPS) is 53.0. The molecule has 5 fully saturated rings. The molecule has 34 heavy (non-hydrogen) atoms. The fourth-order valence-corrected chi connectivity index (χ4v) is 11.1. The Balaban J connectivity index is 1.57. The second kappa shape index (κ2) is 11.1. The van der Waals surface area contributed by atoms with Gasteiger partial charge in [-0.25, -0.2) is 0 Å². The molecule has 5 aliphatic rings. The molecule has 196 valence electrons. The van der Waals surface area contributed by atoms with E-state index in [2.05, 4.69) is 39.9 Å². The molecule has 1 nitrogen and oxygen atoms in total. The zero-order chi connectivity index (χ0) is 23.8. The van der Waals surface area contributed by atoms with E-state index in [1.165, 1.54) is 90.0 Å². The molecule has 1 aliphatic heterocycles. The highest BCUT2D eigenvalue weighted by Gasteiger charge is 2.53. The van der Waals surface area contributed by atoms with Gasteiger partial charge in [0.05, 0.1) is 0 Å². The molecule has 4 saturated carbocycles. The SMILES string of the molecule is CC1CCCCC1C1C(C)CCC2C(C)C3CCCCC3NCC(C)C(C3CCCCC3C)C21. The summed E-state index contributed by atoms with van der Waals surface area (Å²) in [6, 6.07) is 0.806. The molecule has 13 unspecified atom stereocenters. The van der Waals surface area contributed by atoms with E-state index >= 15 is 0 Å². The first-order valence-corrected chi connectivity index (χ1v) is 16.2. The van der Waals surface area contributed by atoms with Gasteiger partial charge in [0.2, 0.25) is 0 Å². The van der Waals surface area contributed by atoms with Gasteiger partial charge in [0.15, 0.2) is 0 Å². The van der Waals surface area contributed by atoms with Crippen LogP contribution in [0, 0.1) is 71.0 Å². The zero-order valence-corrected chi connectivity index (χ0v) is 23.6. The summed E-state index contributed by atoms with van der Waals surface area (Å²) >= 11 is 0. The summed E-state index contributed by atoms with van der Waals surface area (Å²) in [4.78, 5) is 0. The predicted octanol–water partition coefficient (Wildman–Crippen LogP) is 8.97. The third-order valence-corrected chi connectivity index (χ3v) is 12.9. The van der Waals surface area contributed by atoms with Crippen LogP contribution >= 0.6 is 0 Å². The van der Waals surface area contributed by atoms with Gasteiger partial charge in [-0.3, -0.25) is 0 Å². The van der Waals surface area contributed by atoms with Gasteiger partial charge in [-0.1, -0.05) is 92.4 Å². The lowest BCUT2D eigenvalue weighted by Gasteiger charge is -2.56. The third kappa shape index (κ3) is 4.91. The molecule has 1 heterocycles. The Morgan fingerprint density at radius 3 is 1.56 bits per heavy atom. The summed E-state index contributed by atoms with van der Waals surface area (Å²) in [5.41, 5.74) is 0. The lowest BCUT2D eigenvalue weighted by Crippen LogP contribution is -2.51. The van der Waals surface area contributed by atoms with E-state index in [1.807, 2.05) is 0 Å². The Bertz CT molecular complexity index is 642. The van der Waals surface area contributed by atoms with Gasteiger partial charge in [0.25, 0.3) is 0 Å². The Morgan fingerprint density at radius 1 is 0.412 bits per heavy atom. The highest BCUT2D eigenvalue weighted by atomic mass is 14.9. The van der Waals surface area contributed by atoms with Crippen LogP contribution in [0.25, 0.3) is 0 Å². The van der Waals surface area contributed by atoms with Gasteiger partial charge < -0.3 is 5.32 Å². The maximum atomic E-state index is 4.25. The van der Waals surface area contributed by atoms with Crippen LogP contribution in [0.2, 0.25) is 0 Å². The number of fused-ring (bicyclic) bond motifs is 2. The van der Waals surface area contributed by atoms with Gasteiger partial charge in [-0.05, 0) is 110 Å². The first-order valence-electron chi connectivity index (χ1n) is 16.2. The van der Waals surface area contributed by atoms with E-state index in [0.717, 1.165) is 77.1 Å². The highest BCUT2D eigenvalue weighted by Crippen LogP contribution is 2.58. The van der Waals surface area contributed by atoms with Crippen molar-refractivity contribution in [2.75, 3.05) is 6.54 Å². The molecule has 0 radical (unpaired) electrons. The molecule has 1 heteroatoms. The number of hydrogen-bond donors (Lipinski definition) is 1. The summed E-state index contributed by atoms with van der Waals surface area (Å²) in [5.74, 6) is 11.5. The van der Waals surface area contributed by atoms with E-state index in [0.29, 0.717) is 0 Å². The van der Waals surface area contributed by atoms with E-state index in [9.17, 15) is 0 Å². The standard InChI is InChI=1S/C33H59N/c1-21-12-6-8-14-26(21)31-23(3)18-19-29-25(5)28-16-10-11-17-30(28)34-20-24(4)32(33(29)31)27-15-9-7-13-22(27)2/h21-34H,6-20H2,1-5H3. The monoisotopic (exact) mass is 469 g/mol. The van der Waals surface area contributed by atoms with Crippen LogP contribution < -0.4 is 5.32 Å². The van der Waals surface area contributed by atoms with Gasteiger partial charge in [-0.15, -0.1) is 0 Å². The van der Waals surface area contributed by atoms with Crippen molar-refractivity contribution in [2.24, 2.45) is 71.0 Å². The minimum atomic E-state index is 0.806. The van der Waals surface area contributed by atoms with Crippen molar-refractivity contribution in [1.29, 1.82) is 0 Å². The van der Waals surface area contributed by atoms with Crippen LogP contribution in [-0.4, -0.2) is 12.6 Å². The summed E-state index contributed by atoms with van der Waals surface area (Å²) < 4.78 is 0. The van der Waals surface area contributed by atoms with Crippen LogP contribution in [0.4, 0.5) is 0 Å². The molecule has 5 rings (SSSR count). The van der Waals surface area contributed by atoms with Crippen molar-refractivity contribution in [1.82, 2.24) is 5.32 Å². The van der Waals surface area contributed by atoms with Crippen molar-refractivity contribution in [3.8, 4) is 0 Å². The summed E-state index contributed by atoms with van der Waals surface area (Å²) in [6.45, 7) is 14.7. The molecule has 0 spiro atoms. The van der Waals surface area contributed by atoms with Gasteiger partial charge in [-0.2, -0.15) is 0 Å². The molecule has 1 saturated heterocycles. The second-order valence-electron chi connectivity index (χ2n) is 14.6. The minimum absolute atomic E-state index is 0.806. The molecule has 0 bridgehead atoms. The Morgan fingerprint density at radius 2 is 0.941 bits per heavy atom. The summed E-state index contributed by atoms with van der Waals surface area (Å²) in [5, 5.41) is 4.25. The summed E-state index contributed by atoms with van der Waals surface area (Å²) in [7, 11) is 0. The Labute approximate surface area is 213 Å². The first kappa shape index (κ1) is 25.6. The quantitative estimate of drug-likeness (QED) is 0.425. The van der Waals surface area contributed by atoms with Gasteiger partial charge >= 0.3 is 0 Å². The fraction of sp³-hybridized carbons (Fsp3) is 1.00. The van der Waals surface area contributed by atoms with Crippen molar-refractivity contribution < 1.29 is 0 Å². The number of hydrogen-bond acceptors (Lipinski definition) is 1. The Kier molecular flexibility index (Phi) is 8.39. The lowest BCUT2D eigenvalue weighted by molar-refractivity contribution is -0.0803. The zero-order valence-electron chi connectivity index (χ0n) is 23.6. The van der Waals surface area contributed by atoms with Crippen molar-refractivity contribution in [3.63, 3.8) is 0 Å². The van der Waals surface area contributed by atoms with E-state index in [4.69, 9.17) is 0 Å². The molecular formula is C33H59N. The average Bonchev–Trinajstić information content (AvgIpc) is 2.88. The molecule has 1 N–H and O–H groups in total. The van der Waals surface area contributed by atoms with Crippen LogP contribution in [0.3, 0.4) is 0 Å². The van der Waals surface area contributed by atoms with Crippen molar-refractivity contribution in [3.05, 3.63) is 0 Å². The minimum Gasteiger partial charge on any atom is -0.313 e. The largest absolute Gasteiger partial charge is 0.313 e. The smallest absolute Gasteiger partial charge is 0.00980 e. The molecule has 4 aliphatic carbocycles. The van der Waals surface area contributed by atoms with Crippen LogP contribution in [0.15, 0.2) is 0 Å². The van der Waals surface area contributed by atoms with Gasteiger partial charge in [0, 0.05) is 6.04 Å². The maximum Gasteiger partial charge on any atom is 0.00980 e. The average molecular weight is 470 g/mol. The van der Waals surface area contributed by atoms with E-state index in [-0.39, 0.29) is 0 Å². The molecule has 0 aromatic rings. The molecule has 0 amide bonds. The maximum absolute atomic E-state index is 4.25. The summed E-state index contributed by atoms with van der Waals surface area (Å²) in [6.07, 6.45) is 21.0. The van der Waals surface area contributed by atoms with E-state index in [1.54, 1.807) is 6.42 Å². The highest BCUT2D eigenvalue weighted by molar-refractivity contribution is 5.02. The van der Waals surface area contributed by atoms with Crippen LogP contribution in [-0.2, 0) is 0 Å². The molecule has 0 aromatic carbocycles. The van der Waals surface area contributed by atoms with E-state index < -0.39 is 0 Å². The first-order chi connectivity index (χ1) is 16.5. The second-order valence-corrected chi connectivity index (χ2v) is 14.6. The number of rotatable bonds is 2. The van der Waals surface area contributed by atoms with Crippen LogP contribution in [0.5, 0.6) is 0 Å². The molecular weight excluding hydrogens is 410 g/mol. The lowest BCUT2D eigenvalue weighted by atomic mass is 9.48. The predicted molar refractivity (Wildman–Crippen MR) is 147 cm³/mol. The van der Waals surface area contributed by atoms with Gasteiger partial charge in [0.1, 0.15) is 0 Å². The third-order valence-electron chi connectivity index (χ3n) is 12.9. The fourth-order valence-electron chi connectivity index (χ4n) is 11.1. The van der Waals surface area contributed by atoms with Crippen molar-refractivity contribution >= 4 is 0 Å². The Hall–Kier alpha value is -0.0400. The van der Waals surface area contributed by atoms with Crippen LogP contribution in [0.1, 0.15) is 125 Å². The molecule has 13 atom stereocenters.